The number of fused-ring (bicyclic) bond motifs is 1. The molecule has 1 aromatic heterocycles. The van der Waals surface area contributed by atoms with E-state index in [0.29, 0.717) is 0 Å². The van der Waals surface area contributed by atoms with Crippen LogP contribution in [0.25, 0.3) is 17.5 Å². The summed E-state index contributed by atoms with van der Waals surface area (Å²) in [6.45, 7) is 0. The van der Waals surface area contributed by atoms with Crippen molar-refractivity contribution in [2.45, 2.75) is 5.92 Å². The molecule has 2 aromatic carbocycles. The van der Waals surface area contributed by atoms with E-state index in [4.69, 9.17) is 10.5 Å². The van der Waals surface area contributed by atoms with Crippen LogP contribution in [0, 0.1) is 23.0 Å². The highest BCUT2D eigenvalue weighted by Crippen LogP contribution is 2.37. The number of nitrogens with zero attached hydrogens (tertiary/aromatic N) is 2. The minimum absolute atomic E-state index is 0.0409. The Bertz CT molecular complexity index is 1510. The zero-order valence-corrected chi connectivity index (χ0v) is 17.5. The molecule has 0 bridgehead atoms. The summed E-state index contributed by atoms with van der Waals surface area (Å²) < 4.78 is 34.9. The van der Waals surface area contributed by atoms with Crippen LogP contribution in [-0.4, -0.2) is 17.6 Å². The summed E-state index contributed by atoms with van der Waals surface area (Å²) in [4.78, 5) is 25.9. The third-order valence-corrected chi connectivity index (χ3v) is 6.19. The average Bonchev–Trinajstić information content (AvgIpc) is 3.11. The fourth-order valence-corrected chi connectivity index (χ4v) is 4.76. The van der Waals surface area contributed by atoms with E-state index in [1.807, 2.05) is 6.07 Å². The van der Waals surface area contributed by atoms with Gasteiger partial charge in [-0.15, -0.1) is 11.3 Å². The van der Waals surface area contributed by atoms with Crippen molar-refractivity contribution in [1.29, 1.82) is 5.26 Å². The van der Waals surface area contributed by atoms with Gasteiger partial charge in [-0.25, -0.2) is 13.6 Å². The Kier molecular flexibility index (Phi) is 5.47. The van der Waals surface area contributed by atoms with Crippen molar-refractivity contribution in [3.8, 4) is 6.07 Å². The number of nitriles is 1. The SMILES string of the molecule is COC(=O)C1=c2s/c(=C\c3ccccc3F)c(=O)n2C(N)=C(C#N)[C@@H]1c1ccccc1F. The number of methoxy groups -OCH3 is 1. The first-order valence-corrected chi connectivity index (χ1v) is 10.2. The molecule has 32 heavy (non-hydrogen) atoms. The highest BCUT2D eigenvalue weighted by atomic mass is 32.1. The fraction of sp³-hybridized carbons (Fsp3) is 0.0870. The monoisotopic (exact) mass is 451 g/mol. The van der Waals surface area contributed by atoms with E-state index in [2.05, 4.69) is 0 Å². The Hall–Kier alpha value is -4.03. The van der Waals surface area contributed by atoms with Crippen molar-refractivity contribution in [3.05, 3.63) is 96.4 Å². The van der Waals surface area contributed by atoms with Crippen LogP contribution in [0.2, 0.25) is 0 Å². The van der Waals surface area contributed by atoms with Gasteiger partial charge < -0.3 is 10.5 Å². The largest absolute Gasteiger partial charge is 0.466 e. The van der Waals surface area contributed by atoms with E-state index in [1.165, 1.54) is 42.5 Å². The van der Waals surface area contributed by atoms with Gasteiger partial charge in [0.25, 0.3) is 5.56 Å². The summed E-state index contributed by atoms with van der Waals surface area (Å²) >= 11 is 0.882. The van der Waals surface area contributed by atoms with Crippen LogP contribution in [-0.2, 0) is 9.53 Å². The van der Waals surface area contributed by atoms with Crippen LogP contribution in [0.4, 0.5) is 8.78 Å². The highest BCUT2D eigenvalue weighted by molar-refractivity contribution is 7.07. The number of carbonyl (C=O) groups is 1. The molecule has 3 aromatic rings. The topological polar surface area (TPSA) is 98.1 Å². The molecule has 0 amide bonds. The summed E-state index contributed by atoms with van der Waals surface area (Å²) in [7, 11) is 1.14. The number of esters is 1. The quantitative estimate of drug-likeness (QED) is 0.613. The number of halogens is 2. The molecule has 9 heteroatoms. The molecule has 0 fully saturated rings. The molecule has 1 atom stereocenters. The van der Waals surface area contributed by atoms with Crippen LogP contribution in [0.15, 0.2) is 58.9 Å². The van der Waals surface area contributed by atoms with Crippen LogP contribution < -0.4 is 20.5 Å². The van der Waals surface area contributed by atoms with Gasteiger partial charge in [0, 0.05) is 11.1 Å². The third kappa shape index (κ3) is 3.31. The van der Waals surface area contributed by atoms with Crippen molar-refractivity contribution in [2.24, 2.45) is 5.73 Å². The molecule has 2 N–H and O–H groups in total. The number of thiazole rings is 1. The number of aromatic nitrogens is 1. The second-order valence-electron chi connectivity index (χ2n) is 6.85. The maximum atomic E-state index is 14.7. The first-order chi connectivity index (χ1) is 15.4. The zero-order valence-electron chi connectivity index (χ0n) is 16.6. The van der Waals surface area contributed by atoms with Crippen LogP contribution in [0.5, 0.6) is 0 Å². The van der Waals surface area contributed by atoms with E-state index < -0.39 is 29.1 Å². The van der Waals surface area contributed by atoms with Crippen molar-refractivity contribution >= 4 is 34.8 Å². The standard InChI is InChI=1S/C23H15F2N3O3S/c1-31-23(30)19-18(13-7-3-5-9-16(13)25)14(11-26)20(27)28-21(29)17(32-22(19)28)10-12-6-2-4-8-15(12)24/h2-10,18H,27H2,1H3/b17-10-/t18-/m0/s1. The highest BCUT2D eigenvalue weighted by Gasteiger charge is 2.37. The van der Waals surface area contributed by atoms with Gasteiger partial charge in [0.15, 0.2) is 0 Å². The Balaban J connectivity index is 2.15. The van der Waals surface area contributed by atoms with Gasteiger partial charge >= 0.3 is 5.97 Å². The van der Waals surface area contributed by atoms with E-state index in [0.717, 1.165) is 23.0 Å². The average molecular weight is 451 g/mol. The Morgan fingerprint density at radius 1 is 1.19 bits per heavy atom. The number of allylic oxidation sites excluding steroid dienone is 1. The van der Waals surface area contributed by atoms with Gasteiger partial charge in [0.1, 0.15) is 22.1 Å². The van der Waals surface area contributed by atoms with Gasteiger partial charge in [-0.05, 0) is 18.2 Å². The minimum atomic E-state index is -1.17. The lowest BCUT2D eigenvalue weighted by atomic mass is 9.83. The number of benzene rings is 2. The van der Waals surface area contributed by atoms with Crippen LogP contribution in [0.1, 0.15) is 17.0 Å². The lowest BCUT2D eigenvalue weighted by molar-refractivity contribution is -0.134. The normalized spacial score (nSPS) is 16.0. The van der Waals surface area contributed by atoms with Crippen LogP contribution in [0.3, 0.4) is 0 Å². The molecule has 0 radical (unpaired) electrons. The van der Waals surface area contributed by atoms with Gasteiger partial charge in [0.05, 0.1) is 34.8 Å². The molecule has 0 saturated heterocycles. The molecule has 1 aliphatic heterocycles. The van der Waals surface area contributed by atoms with Gasteiger partial charge in [-0.1, -0.05) is 36.4 Å². The summed E-state index contributed by atoms with van der Waals surface area (Å²) in [5, 5.41) is 9.81. The van der Waals surface area contributed by atoms with Gasteiger partial charge in [0.2, 0.25) is 0 Å². The predicted molar refractivity (Wildman–Crippen MR) is 115 cm³/mol. The maximum Gasteiger partial charge on any atom is 0.337 e. The number of carbonyl (C=O) groups excluding carboxylic acids is 1. The molecule has 0 aliphatic carbocycles. The van der Waals surface area contributed by atoms with Gasteiger partial charge in [-0.2, -0.15) is 5.26 Å². The molecular formula is C23H15F2N3O3S. The molecule has 0 unspecified atom stereocenters. The van der Waals surface area contributed by atoms with Crippen molar-refractivity contribution in [1.82, 2.24) is 4.57 Å². The smallest absolute Gasteiger partial charge is 0.337 e. The van der Waals surface area contributed by atoms with E-state index in [9.17, 15) is 23.6 Å². The molecule has 2 heterocycles. The third-order valence-electron chi connectivity index (χ3n) is 5.08. The summed E-state index contributed by atoms with van der Waals surface area (Å²) in [6.07, 6.45) is 1.33. The molecule has 6 nitrogen and oxygen atoms in total. The Morgan fingerprint density at radius 2 is 1.84 bits per heavy atom. The van der Waals surface area contributed by atoms with E-state index in [-0.39, 0.29) is 37.3 Å². The molecular weight excluding hydrogens is 436 g/mol. The van der Waals surface area contributed by atoms with E-state index >= 15 is 0 Å². The predicted octanol–water partition coefficient (Wildman–Crippen LogP) is 1.79. The Morgan fingerprint density at radius 3 is 2.47 bits per heavy atom. The van der Waals surface area contributed by atoms with Crippen molar-refractivity contribution in [2.75, 3.05) is 7.11 Å². The Labute approximate surface area is 184 Å². The number of nitrogens with two attached hydrogens (primary N) is 1. The molecule has 0 spiro atoms. The second kappa shape index (κ2) is 8.24. The number of hydrogen-bond donors (Lipinski definition) is 1. The number of ether oxygens (including phenoxy) is 1. The molecule has 4 rings (SSSR count). The van der Waals surface area contributed by atoms with Gasteiger partial charge in [-0.3, -0.25) is 9.36 Å². The maximum absolute atomic E-state index is 14.7. The van der Waals surface area contributed by atoms with Crippen molar-refractivity contribution < 1.29 is 18.3 Å². The summed E-state index contributed by atoms with van der Waals surface area (Å²) in [6, 6.07) is 13.4. The first kappa shape index (κ1) is 21.2. The number of hydrogen-bond acceptors (Lipinski definition) is 6. The molecule has 160 valence electrons. The van der Waals surface area contributed by atoms with E-state index in [1.54, 1.807) is 12.1 Å². The summed E-state index contributed by atoms with van der Waals surface area (Å²) in [5.41, 5.74) is 5.48. The number of rotatable bonds is 3. The molecule has 1 aliphatic rings. The lowest BCUT2D eigenvalue weighted by Gasteiger charge is -2.24. The second-order valence-corrected chi connectivity index (χ2v) is 7.88. The summed E-state index contributed by atoms with van der Waals surface area (Å²) in [5.74, 6) is -3.42. The zero-order chi connectivity index (χ0) is 23.0. The molecule has 0 saturated carbocycles. The fourth-order valence-electron chi connectivity index (χ4n) is 3.61. The van der Waals surface area contributed by atoms with Crippen molar-refractivity contribution in [3.63, 3.8) is 0 Å². The van der Waals surface area contributed by atoms with Crippen LogP contribution >= 0.6 is 11.3 Å². The lowest BCUT2D eigenvalue weighted by Crippen LogP contribution is -2.40. The first-order valence-electron chi connectivity index (χ1n) is 9.34. The minimum Gasteiger partial charge on any atom is -0.466 e.